The van der Waals surface area contributed by atoms with Gasteiger partial charge in [0.25, 0.3) is 0 Å². The zero-order chi connectivity index (χ0) is 18.4. The van der Waals surface area contributed by atoms with Crippen LogP contribution in [0.25, 0.3) is 0 Å². The summed E-state index contributed by atoms with van der Waals surface area (Å²) in [5.74, 6) is 1.16. The molecule has 0 atom stereocenters. The fraction of sp³-hybridized carbons (Fsp3) is 0.150. The molecule has 1 amide bonds. The van der Waals surface area contributed by atoms with E-state index in [1.165, 1.54) is 12.5 Å². The fourth-order valence-corrected chi connectivity index (χ4v) is 2.47. The summed E-state index contributed by atoms with van der Waals surface area (Å²) in [6, 6.07) is 17.7. The number of anilines is 4. The number of hydrogen-bond acceptors (Lipinski definition) is 5. The summed E-state index contributed by atoms with van der Waals surface area (Å²) in [5.41, 5.74) is 4.02. The van der Waals surface area contributed by atoms with E-state index in [-0.39, 0.29) is 5.91 Å². The van der Waals surface area contributed by atoms with Crippen LogP contribution in [0.2, 0.25) is 0 Å². The molecular weight excluding hydrogens is 326 g/mol. The number of rotatable bonds is 6. The van der Waals surface area contributed by atoms with E-state index in [0.717, 1.165) is 16.9 Å². The zero-order valence-corrected chi connectivity index (χ0v) is 14.8. The van der Waals surface area contributed by atoms with Crippen molar-refractivity contribution in [3.05, 3.63) is 71.9 Å². The molecule has 3 N–H and O–H groups in total. The number of amides is 1. The molecule has 1 heterocycles. The van der Waals surface area contributed by atoms with Crippen LogP contribution in [0, 0.1) is 6.92 Å². The Morgan fingerprint density at radius 3 is 2.54 bits per heavy atom. The Bertz CT molecular complexity index is 910. The van der Waals surface area contributed by atoms with Crippen LogP contribution in [0.1, 0.15) is 18.1 Å². The first-order valence-electron chi connectivity index (χ1n) is 8.35. The second kappa shape index (κ2) is 8.11. The van der Waals surface area contributed by atoms with E-state index in [2.05, 4.69) is 25.9 Å². The third-order valence-electron chi connectivity index (χ3n) is 3.67. The van der Waals surface area contributed by atoms with Gasteiger partial charge in [-0.15, -0.1) is 0 Å². The van der Waals surface area contributed by atoms with E-state index < -0.39 is 0 Å². The van der Waals surface area contributed by atoms with Crippen LogP contribution in [0.4, 0.5) is 23.1 Å². The molecule has 2 aromatic carbocycles. The maximum Gasteiger partial charge on any atom is 0.229 e. The number of nitrogens with one attached hydrogen (secondary N) is 3. The lowest BCUT2D eigenvalue weighted by Gasteiger charge is -2.10. The highest BCUT2D eigenvalue weighted by Crippen LogP contribution is 2.19. The van der Waals surface area contributed by atoms with Crippen molar-refractivity contribution in [3.63, 3.8) is 0 Å². The molecule has 0 bridgehead atoms. The number of carbonyl (C=O) groups is 1. The molecule has 132 valence electrons. The van der Waals surface area contributed by atoms with Crippen LogP contribution in [-0.4, -0.2) is 15.9 Å². The highest BCUT2D eigenvalue weighted by atomic mass is 16.1. The second-order valence-electron chi connectivity index (χ2n) is 6.00. The third-order valence-corrected chi connectivity index (χ3v) is 3.67. The third kappa shape index (κ3) is 5.04. The molecule has 0 aliphatic rings. The Kier molecular flexibility index (Phi) is 5.43. The molecule has 0 unspecified atom stereocenters. The van der Waals surface area contributed by atoms with E-state index in [9.17, 15) is 4.79 Å². The van der Waals surface area contributed by atoms with Crippen LogP contribution in [-0.2, 0) is 11.3 Å². The van der Waals surface area contributed by atoms with E-state index >= 15 is 0 Å². The van der Waals surface area contributed by atoms with E-state index in [1.54, 1.807) is 6.20 Å². The number of carbonyl (C=O) groups excluding carboxylic acids is 1. The summed E-state index contributed by atoms with van der Waals surface area (Å²) in [5, 5.41) is 9.26. The van der Waals surface area contributed by atoms with Crippen LogP contribution in [0.5, 0.6) is 0 Å². The van der Waals surface area contributed by atoms with Gasteiger partial charge in [0.05, 0.1) is 0 Å². The van der Waals surface area contributed by atoms with Crippen LogP contribution >= 0.6 is 0 Å². The maximum atomic E-state index is 11.1. The fourth-order valence-electron chi connectivity index (χ4n) is 2.47. The van der Waals surface area contributed by atoms with Crippen LogP contribution in [0.15, 0.2) is 60.8 Å². The van der Waals surface area contributed by atoms with Gasteiger partial charge in [-0.1, -0.05) is 24.3 Å². The zero-order valence-electron chi connectivity index (χ0n) is 14.8. The molecule has 0 fully saturated rings. The predicted octanol–water partition coefficient (Wildman–Crippen LogP) is 3.91. The molecule has 6 heteroatoms. The molecule has 26 heavy (non-hydrogen) atoms. The van der Waals surface area contributed by atoms with Gasteiger partial charge in [0.1, 0.15) is 5.82 Å². The molecule has 0 radical (unpaired) electrons. The lowest BCUT2D eigenvalue weighted by atomic mass is 10.2. The first-order valence-corrected chi connectivity index (χ1v) is 8.35. The van der Waals surface area contributed by atoms with Gasteiger partial charge in [0, 0.05) is 31.0 Å². The minimum atomic E-state index is -0.0500. The quantitative estimate of drug-likeness (QED) is 0.630. The minimum Gasteiger partial charge on any atom is -0.352 e. The summed E-state index contributed by atoms with van der Waals surface area (Å²) < 4.78 is 0. The average Bonchev–Trinajstić information content (AvgIpc) is 2.61. The highest BCUT2D eigenvalue weighted by Gasteiger charge is 2.03. The van der Waals surface area contributed by atoms with E-state index in [1.807, 2.05) is 61.5 Å². The van der Waals surface area contributed by atoms with Gasteiger partial charge >= 0.3 is 0 Å². The first kappa shape index (κ1) is 17.4. The van der Waals surface area contributed by atoms with Crippen molar-refractivity contribution in [3.8, 4) is 0 Å². The molecule has 6 nitrogen and oxygen atoms in total. The van der Waals surface area contributed by atoms with Crippen molar-refractivity contribution in [1.82, 2.24) is 15.3 Å². The predicted molar refractivity (Wildman–Crippen MR) is 104 cm³/mol. The second-order valence-corrected chi connectivity index (χ2v) is 6.00. The van der Waals surface area contributed by atoms with Gasteiger partial charge in [-0.2, -0.15) is 4.98 Å². The van der Waals surface area contributed by atoms with Crippen molar-refractivity contribution in [2.45, 2.75) is 20.4 Å². The Morgan fingerprint density at radius 2 is 1.77 bits per heavy atom. The van der Waals surface area contributed by atoms with Crippen molar-refractivity contribution in [1.29, 1.82) is 0 Å². The molecule has 3 rings (SSSR count). The summed E-state index contributed by atoms with van der Waals surface area (Å²) in [6.07, 6.45) is 1.70. The van der Waals surface area contributed by atoms with Crippen LogP contribution in [0.3, 0.4) is 0 Å². The lowest BCUT2D eigenvalue weighted by molar-refractivity contribution is -0.119. The summed E-state index contributed by atoms with van der Waals surface area (Å²) in [4.78, 5) is 19.8. The van der Waals surface area contributed by atoms with E-state index in [0.29, 0.717) is 18.3 Å². The van der Waals surface area contributed by atoms with Gasteiger partial charge in [0.15, 0.2) is 0 Å². The molecule has 3 aromatic rings. The van der Waals surface area contributed by atoms with Gasteiger partial charge < -0.3 is 16.0 Å². The standard InChI is InChI=1S/C20H21N5O/c1-14-5-3-7-17(11-14)24-20-21-10-9-19(25-20)23-18-8-4-6-16(12-18)13-22-15(2)26/h3-12H,13H2,1-2H3,(H,22,26)(H2,21,23,24,25). The molecule has 1 aromatic heterocycles. The van der Waals surface area contributed by atoms with E-state index in [4.69, 9.17) is 0 Å². The first-order chi connectivity index (χ1) is 12.6. The summed E-state index contributed by atoms with van der Waals surface area (Å²) in [7, 11) is 0. The van der Waals surface area contributed by atoms with Gasteiger partial charge in [-0.3, -0.25) is 4.79 Å². The van der Waals surface area contributed by atoms with Crippen molar-refractivity contribution in [2.24, 2.45) is 0 Å². The largest absolute Gasteiger partial charge is 0.352 e. The van der Waals surface area contributed by atoms with Gasteiger partial charge in [-0.05, 0) is 48.4 Å². The monoisotopic (exact) mass is 347 g/mol. The SMILES string of the molecule is CC(=O)NCc1cccc(Nc2ccnc(Nc3cccc(C)c3)n2)c1. The topological polar surface area (TPSA) is 78.9 Å². The number of aromatic nitrogens is 2. The number of hydrogen-bond donors (Lipinski definition) is 3. The van der Waals surface area contributed by atoms with Crippen molar-refractivity contribution >= 4 is 29.0 Å². The summed E-state index contributed by atoms with van der Waals surface area (Å²) >= 11 is 0. The van der Waals surface area contributed by atoms with Crippen LogP contribution < -0.4 is 16.0 Å². The average molecular weight is 347 g/mol. The molecule has 0 aliphatic heterocycles. The van der Waals surface area contributed by atoms with Gasteiger partial charge in [-0.25, -0.2) is 4.98 Å². The molecule has 0 saturated carbocycles. The Labute approximate surface area is 152 Å². The van der Waals surface area contributed by atoms with Crippen molar-refractivity contribution in [2.75, 3.05) is 10.6 Å². The minimum absolute atomic E-state index is 0.0500. The Balaban J connectivity index is 1.70. The molecule has 0 aliphatic carbocycles. The summed E-state index contributed by atoms with van der Waals surface area (Å²) in [6.45, 7) is 4.04. The number of nitrogens with zero attached hydrogens (tertiary/aromatic N) is 2. The lowest BCUT2D eigenvalue weighted by Crippen LogP contribution is -2.18. The molecule has 0 saturated heterocycles. The molecular formula is C20H21N5O. The Hall–Kier alpha value is -3.41. The maximum absolute atomic E-state index is 11.1. The highest BCUT2D eigenvalue weighted by molar-refractivity contribution is 5.72. The number of benzene rings is 2. The normalized spacial score (nSPS) is 10.2. The smallest absolute Gasteiger partial charge is 0.229 e. The number of aryl methyl sites for hydroxylation is 1. The van der Waals surface area contributed by atoms with Gasteiger partial charge in [0.2, 0.25) is 11.9 Å². The molecule has 0 spiro atoms. The van der Waals surface area contributed by atoms with Crippen molar-refractivity contribution < 1.29 is 4.79 Å². The Morgan fingerprint density at radius 1 is 1.00 bits per heavy atom.